The van der Waals surface area contributed by atoms with Gasteiger partial charge in [0, 0.05) is 5.56 Å². The van der Waals surface area contributed by atoms with Crippen molar-refractivity contribution >= 4 is 11.6 Å². The van der Waals surface area contributed by atoms with E-state index < -0.39 is 11.5 Å². The molecule has 132 valence electrons. The summed E-state index contributed by atoms with van der Waals surface area (Å²) in [6.07, 6.45) is 13.5. The van der Waals surface area contributed by atoms with E-state index in [1.54, 1.807) is 18.2 Å². The molecule has 0 spiro atoms. The summed E-state index contributed by atoms with van der Waals surface area (Å²) >= 11 is 0. The first kappa shape index (κ1) is 19.0. The van der Waals surface area contributed by atoms with E-state index in [9.17, 15) is 9.59 Å². The topological polar surface area (TPSA) is 86.2 Å². The average molecular weight is 338 g/mol. The van der Waals surface area contributed by atoms with Crippen molar-refractivity contribution < 1.29 is 9.59 Å². The fourth-order valence-corrected chi connectivity index (χ4v) is 2.93. The maximum absolute atomic E-state index is 13.0. The number of ketones is 2. The predicted molar refractivity (Wildman–Crippen MR) is 101 cm³/mol. The zero-order chi connectivity index (χ0) is 18.1. The summed E-state index contributed by atoms with van der Waals surface area (Å²) in [5, 5.41) is 0. The molecule has 0 heterocycles. The lowest BCUT2D eigenvalue weighted by Crippen LogP contribution is -2.42. The summed E-state index contributed by atoms with van der Waals surface area (Å²) in [4.78, 5) is 25.3. The van der Waals surface area contributed by atoms with Gasteiger partial charge in [-0.3, -0.25) is 9.59 Å². The zero-order valence-corrected chi connectivity index (χ0v) is 14.4. The maximum Gasteiger partial charge on any atom is 0.185 e. The Balaban J connectivity index is 2.16. The van der Waals surface area contributed by atoms with E-state index in [1.807, 2.05) is 42.5 Å². The first-order valence-electron chi connectivity index (χ1n) is 8.72. The summed E-state index contributed by atoms with van der Waals surface area (Å²) < 4.78 is 0. The van der Waals surface area contributed by atoms with Crippen molar-refractivity contribution in [2.24, 2.45) is 16.9 Å². The molecule has 25 heavy (non-hydrogen) atoms. The molecule has 0 bridgehead atoms. The van der Waals surface area contributed by atoms with Crippen LogP contribution in [0.15, 0.2) is 66.8 Å². The number of carbonyl (C=O) groups excluding carboxylic acids is 2. The van der Waals surface area contributed by atoms with Crippen molar-refractivity contribution in [1.82, 2.24) is 0 Å². The second kappa shape index (κ2) is 9.25. The van der Waals surface area contributed by atoms with Gasteiger partial charge in [0.25, 0.3) is 0 Å². The van der Waals surface area contributed by atoms with Crippen molar-refractivity contribution in [1.29, 1.82) is 0 Å². The molecular formula is C21H26N2O2. The van der Waals surface area contributed by atoms with Crippen LogP contribution in [0, 0.1) is 5.41 Å². The lowest BCUT2D eigenvalue weighted by atomic mass is 9.74. The first-order chi connectivity index (χ1) is 12.1. The van der Waals surface area contributed by atoms with E-state index in [0.29, 0.717) is 24.9 Å². The highest BCUT2D eigenvalue weighted by molar-refractivity contribution is 6.05. The number of rotatable bonds is 9. The van der Waals surface area contributed by atoms with Gasteiger partial charge in [-0.25, -0.2) is 0 Å². The SMILES string of the molecule is NCCCC[C@H](N)C(=O)C1(C=CC(=O)c2ccccc2)C=CC=CC1. The Morgan fingerprint density at radius 1 is 1.16 bits per heavy atom. The Bertz CT molecular complexity index is 676. The summed E-state index contributed by atoms with van der Waals surface area (Å²) in [7, 11) is 0. The van der Waals surface area contributed by atoms with E-state index in [-0.39, 0.29) is 11.6 Å². The molecule has 1 unspecified atom stereocenters. The molecule has 0 saturated carbocycles. The second-order valence-electron chi connectivity index (χ2n) is 6.35. The monoisotopic (exact) mass is 338 g/mol. The third kappa shape index (κ3) is 5.08. The molecule has 0 aromatic heterocycles. The summed E-state index contributed by atoms with van der Waals surface area (Å²) in [5.74, 6) is -0.172. The smallest absolute Gasteiger partial charge is 0.185 e. The minimum Gasteiger partial charge on any atom is -0.330 e. The molecule has 1 aromatic rings. The standard InChI is InChI=1S/C21H26N2O2/c22-16-8-5-11-18(23)20(25)21(13-6-2-7-14-21)15-12-19(24)17-9-3-1-4-10-17/h1-4,6-7,9-10,12-13,15,18H,5,8,11,14,16,22-23H2/t18-,21?/m0/s1. The number of unbranched alkanes of at least 4 members (excludes halogenated alkanes) is 1. The molecule has 1 aliphatic carbocycles. The number of benzene rings is 1. The van der Waals surface area contributed by atoms with Crippen LogP contribution in [0.4, 0.5) is 0 Å². The summed E-state index contributed by atoms with van der Waals surface area (Å²) in [6, 6.07) is 8.46. The van der Waals surface area contributed by atoms with Crippen LogP contribution in [-0.4, -0.2) is 24.2 Å². The molecule has 0 amide bonds. The Morgan fingerprint density at radius 3 is 2.56 bits per heavy atom. The molecular weight excluding hydrogens is 312 g/mol. The number of nitrogens with two attached hydrogens (primary N) is 2. The molecule has 0 fully saturated rings. The van der Waals surface area contributed by atoms with Gasteiger partial charge in [0.05, 0.1) is 11.5 Å². The van der Waals surface area contributed by atoms with Gasteiger partial charge in [0.1, 0.15) is 0 Å². The van der Waals surface area contributed by atoms with Crippen molar-refractivity contribution in [3.8, 4) is 0 Å². The van der Waals surface area contributed by atoms with Crippen LogP contribution in [-0.2, 0) is 4.79 Å². The van der Waals surface area contributed by atoms with Gasteiger partial charge in [-0.2, -0.15) is 0 Å². The van der Waals surface area contributed by atoms with Crippen molar-refractivity contribution in [2.45, 2.75) is 31.7 Å². The Kier molecular flexibility index (Phi) is 7.04. The number of hydrogen-bond acceptors (Lipinski definition) is 4. The number of carbonyl (C=O) groups is 2. The van der Waals surface area contributed by atoms with Crippen LogP contribution in [0.1, 0.15) is 36.0 Å². The fraction of sp³-hybridized carbons (Fsp3) is 0.333. The molecule has 0 aliphatic heterocycles. The summed E-state index contributed by atoms with van der Waals surface area (Å²) in [6.45, 7) is 0.597. The average Bonchev–Trinajstić information content (AvgIpc) is 2.67. The minimum absolute atomic E-state index is 0.0535. The van der Waals surface area contributed by atoms with E-state index in [0.717, 1.165) is 12.8 Å². The van der Waals surface area contributed by atoms with Gasteiger partial charge in [-0.05, 0) is 31.9 Å². The number of hydrogen-bond donors (Lipinski definition) is 2. The molecule has 4 nitrogen and oxygen atoms in total. The molecule has 0 saturated heterocycles. The van der Waals surface area contributed by atoms with Crippen LogP contribution in [0.2, 0.25) is 0 Å². The van der Waals surface area contributed by atoms with Crippen LogP contribution in [0.3, 0.4) is 0 Å². The Morgan fingerprint density at radius 2 is 1.92 bits per heavy atom. The van der Waals surface area contributed by atoms with Crippen molar-refractivity contribution in [3.63, 3.8) is 0 Å². The maximum atomic E-state index is 13.0. The predicted octanol–water partition coefficient (Wildman–Crippen LogP) is 2.95. The highest BCUT2D eigenvalue weighted by Crippen LogP contribution is 2.32. The number of allylic oxidation sites excluding steroid dienone is 6. The van der Waals surface area contributed by atoms with Crippen molar-refractivity contribution in [3.05, 3.63) is 72.4 Å². The highest BCUT2D eigenvalue weighted by Gasteiger charge is 2.36. The lowest BCUT2D eigenvalue weighted by Gasteiger charge is -2.29. The fourth-order valence-electron chi connectivity index (χ4n) is 2.93. The Labute approximate surface area is 149 Å². The molecule has 1 aromatic carbocycles. The Hall–Kier alpha value is -2.30. The van der Waals surface area contributed by atoms with Gasteiger partial charge < -0.3 is 11.5 Å². The van der Waals surface area contributed by atoms with Gasteiger partial charge in [-0.1, -0.05) is 67.1 Å². The quantitative estimate of drug-likeness (QED) is 0.412. The third-order valence-electron chi connectivity index (χ3n) is 4.45. The number of Topliss-reactive ketones (excluding diaryl/α,β-unsaturated/α-hetero) is 1. The van der Waals surface area contributed by atoms with E-state index in [1.165, 1.54) is 6.08 Å². The lowest BCUT2D eigenvalue weighted by molar-refractivity contribution is -0.125. The molecule has 0 radical (unpaired) electrons. The van der Waals surface area contributed by atoms with E-state index in [4.69, 9.17) is 11.5 Å². The molecule has 4 N–H and O–H groups in total. The second-order valence-corrected chi connectivity index (χ2v) is 6.35. The van der Waals surface area contributed by atoms with Gasteiger partial charge >= 0.3 is 0 Å². The summed E-state index contributed by atoms with van der Waals surface area (Å²) in [5.41, 5.74) is 11.4. The van der Waals surface area contributed by atoms with E-state index >= 15 is 0 Å². The molecule has 2 atom stereocenters. The third-order valence-corrected chi connectivity index (χ3v) is 4.45. The van der Waals surface area contributed by atoms with Crippen molar-refractivity contribution in [2.75, 3.05) is 6.54 Å². The van der Waals surface area contributed by atoms with Gasteiger partial charge in [0.15, 0.2) is 11.6 Å². The molecule has 1 aliphatic rings. The zero-order valence-electron chi connectivity index (χ0n) is 14.4. The largest absolute Gasteiger partial charge is 0.330 e. The normalized spacial score (nSPS) is 20.7. The van der Waals surface area contributed by atoms with Crippen LogP contribution >= 0.6 is 0 Å². The molecule has 2 rings (SSSR count). The van der Waals surface area contributed by atoms with Crippen LogP contribution in [0.5, 0.6) is 0 Å². The van der Waals surface area contributed by atoms with Gasteiger partial charge in [0.2, 0.25) is 0 Å². The first-order valence-corrected chi connectivity index (χ1v) is 8.72. The van der Waals surface area contributed by atoms with E-state index in [2.05, 4.69) is 0 Å². The van der Waals surface area contributed by atoms with Crippen LogP contribution in [0.25, 0.3) is 0 Å². The van der Waals surface area contributed by atoms with Crippen LogP contribution < -0.4 is 11.5 Å². The highest BCUT2D eigenvalue weighted by atomic mass is 16.1. The molecule has 4 heteroatoms. The minimum atomic E-state index is -0.846. The van der Waals surface area contributed by atoms with Gasteiger partial charge in [-0.15, -0.1) is 0 Å².